The Morgan fingerprint density at radius 2 is 1.89 bits per heavy atom. The standard InChI is InChI=1S/C24H20N6O5/c1-33-17-9-7-16(8-10-17)14-29(15-18-5-4-12-34-18)20-13-19(26-21-6-2-3-11-25-21)24(30(31)32)23-22(20)27-35-28-23/h2-13H,14-15H2,1H3,(H,25,26). The molecule has 0 radical (unpaired) electrons. The van der Waals surface area contributed by atoms with Gasteiger partial charge in [0.1, 0.15) is 23.0 Å². The van der Waals surface area contributed by atoms with Crippen molar-refractivity contribution in [2.24, 2.45) is 0 Å². The quantitative estimate of drug-likeness (QED) is 0.229. The molecule has 2 aromatic carbocycles. The minimum absolute atomic E-state index is 0.0325. The fraction of sp³-hybridized carbons (Fsp3) is 0.125. The lowest BCUT2D eigenvalue weighted by Gasteiger charge is -2.25. The minimum Gasteiger partial charge on any atom is -0.497 e. The van der Waals surface area contributed by atoms with Crippen molar-refractivity contribution in [3.05, 3.63) is 94.6 Å². The van der Waals surface area contributed by atoms with Gasteiger partial charge in [0.05, 0.1) is 30.5 Å². The number of aromatic nitrogens is 3. The van der Waals surface area contributed by atoms with Crippen molar-refractivity contribution in [3.8, 4) is 5.75 Å². The molecule has 0 bridgehead atoms. The molecule has 0 aliphatic heterocycles. The second kappa shape index (κ2) is 9.51. The predicted molar refractivity (Wildman–Crippen MR) is 128 cm³/mol. The summed E-state index contributed by atoms with van der Waals surface area (Å²) < 4.78 is 15.8. The lowest BCUT2D eigenvalue weighted by Crippen LogP contribution is -2.22. The van der Waals surface area contributed by atoms with E-state index in [-0.39, 0.29) is 22.4 Å². The van der Waals surface area contributed by atoms with Gasteiger partial charge in [0, 0.05) is 12.7 Å². The maximum atomic E-state index is 12.0. The van der Waals surface area contributed by atoms with Crippen LogP contribution in [0.2, 0.25) is 0 Å². The van der Waals surface area contributed by atoms with Crippen LogP contribution in [0.25, 0.3) is 11.0 Å². The molecule has 11 heteroatoms. The number of nitrogens with zero attached hydrogens (tertiary/aromatic N) is 5. The number of ether oxygens (including phenoxy) is 1. The Bertz CT molecular complexity index is 1440. The van der Waals surface area contributed by atoms with E-state index in [1.54, 1.807) is 49.9 Å². The molecule has 1 N–H and O–H groups in total. The number of pyridine rings is 1. The molecule has 0 saturated heterocycles. The van der Waals surface area contributed by atoms with Crippen LogP contribution < -0.4 is 15.0 Å². The number of anilines is 3. The molecule has 0 unspecified atom stereocenters. The van der Waals surface area contributed by atoms with E-state index in [4.69, 9.17) is 13.8 Å². The molecule has 35 heavy (non-hydrogen) atoms. The van der Waals surface area contributed by atoms with Crippen LogP contribution in [0.5, 0.6) is 5.75 Å². The summed E-state index contributed by atoms with van der Waals surface area (Å²) >= 11 is 0. The molecule has 0 aliphatic carbocycles. The Hall–Kier alpha value is -4.93. The molecule has 11 nitrogen and oxygen atoms in total. The van der Waals surface area contributed by atoms with Gasteiger partial charge < -0.3 is 19.4 Å². The van der Waals surface area contributed by atoms with Crippen molar-refractivity contribution in [1.82, 2.24) is 15.3 Å². The van der Waals surface area contributed by atoms with Crippen molar-refractivity contribution < 1.29 is 18.7 Å². The van der Waals surface area contributed by atoms with Gasteiger partial charge in [0.15, 0.2) is 5.52 Å². The van der Waals surface area contributed by atoms with Crippen molar-refractivity contribution in [1.29, 1.82) is 0 Å². The van der Waals surface area contributed by atoms with Gasteiger partial charge in [-0.3, -0.25) is 10.1 Å². The number of hydrogen-bond donors (Lipinski definition) is 1. The number of furan rings is 1. The highest BCUT2D eigenvalue weighted by atomic mass is 16.6. The number of benzene rings is 2. The van der Waals surface area contributed by atoms with E-state index < -0.39 is 4.92 Å². The van der Waals surface area contributed by atoms with Crippen LogP contribution in [-0.2, 0) is 13.1 Å². The third-order valence-corrected chi connectivity index (χ3v) is 5.40. The number of rotatable bonds is 9. The van der Waals surface area contributed by atoms with Gasteiger partial charge in [0.2, 0.25) is 5.52 Å². The highest BCUT2D eigenvalue weighted by Gasteiger charge is 2.28. The van der Waals surface area contributed by atoms with E-state index in [1.807, 2.05) is 35.2 Å². The van der Waals surface area contributed by atoms with E-state index in [0.29, 0.717) is 30.4 Å². The van der Waals surface area contributed by atoms with Gasteiger partial charge in [-0.1, -0.05) is 18.2 Å². The average molecular weight is 472 g/mol. The smallest absolute Gasteiger partial charge is 0.324 e. The Morgan fingerprint density at radius 3 is 2.57 bits per heavy atom. The fourth-order valence-electron chi connectivity index (χ4n) is 3.78. The average Bonchev–Trinajstić information content (AvgIpc) is 3.56. The molecule has 0 amide bonds. The number of nitro groups is 1. The molecule has 0 fully saturated rings. The van der Waals surface area contributed by atoms with Crippen molar-refractivity contribution in [2.45, 2.75) is 13.1 Å². The highest BCUT2D eigenvalue weighted by Crippen LogP contribution is 2.40. The zero-order valence-electron chi connectivity index (χ0n) is 18.6. The number of hydrogen-bond acceptors (Lipinski definition) is 10. The molecule has 3 heterocycles. The second-order valence-electron chi connectivity index (χ2n) is 7.63. The topological polar surface area (TPSA) is 133 Å². The monoisotopic (exact) mass is 472 g/mol. The first-order chi connectivity index (χ1) is 17.1. The lowest BCUT2D eigenvalue weighted by atomic mass is 10.1. The van der Waals surface area contributed by atoms with Crippen LogP contribution in [0.15, 0.2) is 82.2 Å². The van der Waals surface area contributed by atoms with Crippen molar-refractivity contribution >= 4 is 33.9 Å². The first-order valence-corrected chi connectivity index (χ1v) is 10.6. The molecule has 5 rings (SSSR count). The molecular weight excluding hydrogens is 452 g/mol. The minimum atomic E-state index is -0.512. The number of fused-ring (bicyclic) bond motifs is 1. The summed E-state index contributed by atoms with van der Waals surface area (Å²) in [5.41, 5.74) is 1.83. The summed E-state index contributed by atoms with van der Waals surface area (Å²) in [5.74, 6) is 1.90. The third-order valence-electron chi connectivity index (χ3n) is 5.40. The van der Waals surface area contributed by atoms with E-state index in [0.717, 1.165) is 11.3 Å². The Balaban J connectivity index is 1.63. The fourth-order valence-corrected chi connectivity index (χ4v) is 3.78. The first kappa shape index (κ1) is 21.9. The van der Waals surface area contributed by atoms with Crippen LogP contribution >= 0.6 is 0 Å². The highest BCUT2D eigenvalue weighted by molar-refractivity contribution is 6.00. The summed E-state index contributed by atoms with van der Waals surface area (Å²) in [6, 6.07) is 18.2. The predicted octanol–water partition coefficient (Wildman–Crippen LogP) is 5.08. The Morgan fingerprint density at radius 1 is 1.06 bits per heavy atom. The van der Waals surface area contributed by atoms with Gasteiger partial charge in [0.25, 0.3) is 0 Å². The van der Waals surface area contributed by atoms with Gasteiger partial charge in [-0.2, -0.15) is 0 Å². The molecule has 0 aliphatic rings. The molecule has 3 aromatic heterocycles. The summed E-state index contributed by atoms with van der Waals surface area (Å²) in [7, 11) is 1.61. The number of nitrogens with one attached hydrogen (secondary N) is 1. The van der Waals surface area contributed by atoms with Gasteiger partial charge in [-0.15, -0.1) is 0 Å². The van der Waals surface area contributed by atoms with E-state index >= 15 is 0 Å². The zero-order chi connectivity index (χ0) is 24.2. The summed E-state index contributed by atoms with van der Waals surface area (Å²) in [6.07, 6.45) is 3.19. The van der Waals surface area contributed by atoms with Crippen LogP contribution in [0, 0.1) is 10.1 Å². The van der Waals surface area contributed by atoms with Gasteiger partial charge in [-0.25, -0.2) is 9.61 Å². The van der Waals surface area contributed by atoms with Crippen LogP contribution in [0.4, 0.5) is 22.9 Å². The maximum Gasteiger partial charge on any atom is 0.324 e. The lowest BCUT2D eigenvalue weighted by molar-refractivity contribution is -0.382. The zero-order valence-corrected chi connectivity index (χ0v) is 18.6. The number of methoxy groups -OCH3 is 1. The molecule has 176 valence electrons. The van der Waals surface area contributed by atoms with Crippen LogP contribution in [-0.4, -0.2) is 27.3 Å². The SMILES string of the molecule is COc1ccc(CN(Cc2ccco2)c2cc(Nc3ccccn3)c([N+](=O)[O-])c3nonc23)cc1. The van der Waals surface area contributed by atoms with E-state index in [9.17, 15) is 10.1 Å². The number of nitro benzene ring substituents is 1. The molecular formula is C24H20N6O5. The second-order valence-corrected chi connectivity index (χ2v) is 7.63. The van der Waals surface area contributed by atoms with Crippen LogP contribution in [0.1, 0.15) is 11.3 Å². The van der Waals surface area contributed by atoms with Crippen molar-refractivity contribution in [2.75, 3.05) is 17.3 Å². The maximum absolute atomic E-state index is 12.0. The molecule has 5 aromatic rings. The Labute approximate surface area is 199 Å². The normalized spacial score (nSPS) is 10.9. The third kappa shape index (κ3) is 4.60. The van der Waals surface area contributed by atoms with Crippen LogP contribution in [0.3, 0.4) is 0 Å². The van der Waals surface area contributed by atoms with Gasteiger partial charge >= 0.3 is 5.69 Å². The molecule has 0 saturated carbocycles. The largest absolute Gasteiger partial charge is 0.497 e. The molecule has 0 atom stereocenters. The van der Waals surface area contributed by atoms with Gasteiger partial charge in [-0.05, 0) is 58.3 Å². The van der Waals surface area contributed by atoms with Crippen molar-refractivity contribution in [3.63, 3.8) is 0 Å². The summed E-state index contributed by atoms with van der Waals surface area (Å²) in [6.45, 7) is 0.829. The molecule has 0 spiro atoms. The Kier molecular flexibility index (Phi) is 5.95. The van der Waals surface area contributed by atoms with E-state index in [2.05, 4.69) is 20.6 Å². The first-order valence-electron chi connectivity index (χ1n) is 10.6. The summed E-state index contributed by atoms with van der Waals surface area (Å²) in [4.78, 5) is 17.7. The summed E-state index contributed by atoms with van der Waals surface area (Å²) in [5, 5.41) is 22.9. The van der Waals surface area contributed by atoms with E-state index in [1.165, 1.54) is 0 Å².